The summed E-state index contributed by atoms with van der Waals surface area (Å²) in [5.41, 5.74) is 10.5. The maximum absolute atomic E-state index is 12.4. The van der Waals surface area contributed by atoms with Crippen LogP contribution >= 0.6 is 0 Å². The first-order valence-electron chi connectivity index (χ1n) is 21.8. The minimum atomic E-state index is -2.12. The number of methoxy groups -OCH3 is 1. The smallest absolute Gasteiger partial charge is 0.251 e. The third-order valence-electron chi connectivity index (χ3n) is 10.2. The molecule has 8 atom stereocenters. The molecule has 18 N–H and O–H groups in total. The number of nitrogens with zero attached hydrogens (tertiary/aromatic N) is 1. The highest BCUT2D eigenvalue weighted by atomic mass is 16.5. The molecule has 358 valence electrons. The van der Waals surface area contributed by atoms with Crippen LogP contribution in [0.25, 0.3) is 0 Å². The van der Waals surface area contributed by atoms with Gasteiger partial charge in [0.05, 0.1) is 19.5 Å². The van der Waals surface area contributed by atoms with E-state index in [2.05, 4.69) is 21.4 Å². The van der Waals surface area contributed by atoms with Gasteiger partial charge in [0, 0.05) is 63.2 Å². The van der Waals surface area contributed by atoms with Gasteiger partial charge >= 0.3 is 0 Å². The van der Waals surface area contributed by atoms with Crippen LogP contribution in [0.5, 0.6) is 0 Å². The van der Waals surface area contributed by atoms with E-state index in [0.717, 1.165) is 51.4 Å². The van der Waals surface area contributed by atoms with Crippen molar-refractivity contribution in [3.63, 3.8) is 0 Å². The molecule has 0 unspecified atom stereocenters. The van der Waals surface area contributed by atoms with Crippen LogP contribution in [-0.4, -0.2) is 170 Å². The van der Waals surface area contributed by atoms with Gasteiger partial charge in [0.15, 0.2) is 29.7 Å². The zero-order chi connectivity index (χ0) is 47.0. The Labute approximate surface area is 364 Å². The largest absolute Gasteiger partial charge is 0.484 e. The number of hydrogen-bond acceptors (Lipinski definition) is 17. The van der Waals surface area contributed by atoms with E-state index >= 15 is 0 Å². The summed E-state index contributed by atoms with van der Waals surface area (Å²) in [4.78, 5) is 53.0. The molecule has 0 rings (SSSR count). The Kier molecular flexibility index (Phi) is 32.5. The number of amides is 2. The van der Waals surface area contributed by atoms with Crippen LogP contribution in [0.3, 0.4) is 0 Å². The number of carbonyl (C=O) groups is 4. The van der Waals surface area contributed by atoms with Crippen molar-refractivity contribution in [1.82, 2.24) is 10.6 Å². The van der Waals surface area contributed by atoms with Crippen LogP contribution in [0.2, 0.25) is 0 Å². The quantitative estimate of drug-likeness (QED) is 0.0186. The molecule has 0 spiro atoms. The Bertz CT molecular complexity index is 1390. The molecule has 0 radical (unpaired) electrons. The van der Waals surface area contributed by atoms with Crippen LogP contribution in [0.1, 0.15) is 128 Å². The molecule has 0 aliphatic rings. The van der Waals surface area contributed by atoms with Crippen molar-refractivity contribution < 1.29 is 70.5 Å². The molecule has 21 heteroatoms. The molecule has 0 aromatic carbocycles. The van der Waals surface area contributed by atoms with E-state index in [1.807, 2.05) is 0 Å². The van der Waals surface area contributed by atoms with Crippen molar-refractivity contribution in [3.8, 4) is 0 Å². The Balaban J connectivity index is 4.18. The number of aliphatic imine (C=N–C) groups is 1. The van der Waals surface area contributed by atoms with E-state index in [1.165, 1.54) is 7.11 Å². The number of quaternary nitrogens is 1. The Morgan fingerprint density at radius 1 is 0.532 bits per heavy atom. The SMILES string of the molecule is COC(=N)CCCCCCC(=N)CCCNC(=O)[C@@H](O)[C@H](O)[C@H](O)[C@@H](O)C(=O)CCCN=C(N)CCCCCCC(=N)CCCNC(=O)[C@@H](O)[C@H](O)[C@H](O)[C@@H](O)C(=O)CCC[NH3+]. The summed E-state index contributed by atoms with van der Waals surface area (Å²) in [5, 5.41) is 109. The van der Waals surface area contributed by atoms with Crippen molar-refractivity contribution in [1.29, 1.82) is 16.2 Å². The molecule has 0 aromatic rings. The Hall–Kier alpha value is -3.80. The maximum atomic E-state index is 12.4. The maximum Gasteiger partial charge on any atom is 0.251 e. The second kappa shape index (κ2) is 34.7. The predicted molar refractivity (Wildman–Crippen MR) is 231 cm³/mol. The lowest BCUT2D eigenvalue weighted by Crippen LogP contribution is -2.53. The first-order valence-corrected chi connectivity index (χ1v) is 21.8. The third-order valence-corrected chi connectivity index (χ3v) is 10.2. The first kappa shape index (κ1) is 58.2. The minimum Gasteiger partial charge on any atom is -0.484 e. The molecule has 62 heavy (non-hydrogen) atoms. The van der Waals surface area contributed by atoms with Gasteiger partial charge in [-0.15, -0.1) is 0 Å². The van der Waals surface area contributed by atoms with E-state index in [0.29, 0.717) is 81.6 Å². The Morgan fingerprint density at radius 3 is 1.32 bits per heavy atom. The molecule has 0 aromatic heterocycles. The zero-order valence-electron chi connectivity index (χ0n) is 36.4. The van der Waals surface area contributed by atoms with Gasteiger partial charge in [0.1, 0.15) is 36.6 Å². The third kappa shape index (κ3) is 26.0. The minimum absolute atomic E-state index is 0.0676. The molecule has 0 fully saturated rings. The summed E-state index contributed by atoms with van der Waals surface area (Å²) >= 11 is 0. The number of nitrogens with two attached hydrogens (primary N) is 1. The number of ketones is 2. The number of rotatable bonds is 39. The topological polar surface area (TPSA) is 401 Å². The fourth-order valence-electron chi connectivity index (χ4n) is 6.15. The number of aliphatic hydroxyl groups excluding tert-OH is 8. The van der Waals surface area contributed by atoms with Crippen molar-refractivity contribution in [2.24, 2.45) is 10.7 Å². The normalized spacial score (nSPS) is 15.6. The molecule has 0 heterocycles. The molecule has 21 nitrogen and oxygen atoms in total. The fraction of sp³-hybridized carbons (Fsp3) is 0.805. The lowest BCUT2D eigenvalue weighted by Gasteiger charge is -2.25. The van der Waals surface area contributed by atoms with E-state index in [1.54, 1.807) is 0 Å². The van der Waals surface area contributed by atoms with Crippen LogP contribution in [-0.2, 0) is 23.9 Å². The highest BCUT2D eigenvalue weighted by Crippen LogP contribution is 2.13. The molecule has 0 saturated carbocycles. The van der Waals surface area contributed by atoms with E-state index < -0.39 is 72.2 Å². The van der Waals surface area contributed by atoms with E-state index in [4.69, 9.17) is 26.7 Å². The van der Waals surface area contributed by atoms with E-state index in [-0.39, 0.29) is 44.8 Å². The number of hydrogen-bond donors (Lipinski definition) is 15. The van der Waals surface area contributed by atoms with Crippen molar-refractivity contribution in [2.75, 3.05) is 33.3 Å². The number of carbonyl (C=O) groups excluding carboxylic acids is 4. The summed E-state index contributed by atoms with van der Waals surface area (Å²) in [6, 6.07) is 0. The van der Waals surface area contributed by atoms with Gasteiger partial charge in [-0.05, 0) is 70.6 Å². The van der Waals surface area contributed by atoms with Crippen molar-refractivity contribution in [3.05, 3.63) is 0 Å². The van der Waals surface area contributed by atoms with Gasteiger partial charge in [-0.2, -0.15) is 0 Å². The molecule has 0 aliphatic heterocycles. The average Bonchev–Trinajstić information content (AvgIpc) is 3.26. The fourth-order valence-corrected chi connectivity index (χ4v) is 6.15. The summed E-state index contributed by atoms with van der Waals surface area (Å²) in [6.45, 7) is 0.817. The van der Waals surface area contributed by atoms with Crippen LogP contribution in [0.4, 0.5) is 0 Å². The molecule has 2 amide bonds. The number of aliphatic hydroxyl groups is 8. The molecule has 0 saturated heterocycles. The monoisotopic (exact) mass is 890 g/mol. The van der Waals surface area contributed by atoms with E-state index in [9.17, 15) is 60.0 Å². The lowest BCUT2D eigenvalue weighted by molar-refractivity contribution is -0.368. The van der Waals surface area contributed by atoms with Gasteiger partial charge in [-0.1, -0.05) is 25.7 Å². The molecule has 0 aliphatic carbocycles. The number of nitrogens with one attached hydrogen (secondary N) is 5. The van der Waals surface area contributed by atoms with Crippen molar-refractivity contribution >= 4 is 46.5 Å². The van der Waals surface area contributed by atoms with Crippen LogP contribution in [0.15, 0.2) is 4.99 Å². The van der Waals surface area contributed by atoms with Gasteiger partial charge in [-0.3, -0.25) is 29.6 Å². The predicted octanol–water partition coefficient (Wildman–Crippen LogP) is -1.69. The number of Topliss-reactive ketones (excluding diaryl/α,β-unsaturated/α-hetero) is 2. The van der Waals surface area contributed by atoms with Gasteiger partial charge in [0.2, 0.25) is 0 Å². The van der Waals surface area contributed by atoms with Crippen molar-refractivity contribution in [2.45, 2.75) is 177 Å². The van der Waals surface area contributed by atoms with Gasteiger partial charge in [0.25, 0.3) is 11.8 Å². The molecular weight excluding hydrogens is 812 g/mol. The number of ether oxygens (including phenoxy) is 1. The lowest BCUT2D eigenvalue weighted by atomic mass is 9.97. The highest BCUT2D eigenvalue weighted by Gasteiger charge is 2.38. The molecular formula is C41H77N8O13+. The summed E-state index contributed by atoms with van der Waals surface area (Å²) in [7, 11) is 1.47. The standard InChI is InChI=1S/C41H76N8O13/c1-62-31(46)21-9-5-3-7-15-27(44)17-12-25-49-41(61)39(59)37(57)35(55)33(53)29(51)19-13-23-47-30(45)20-8-4-2-6-14-26(43)16-11-24-48-40(60)38(58)36(56)34(54)32(52)28(50)18-10-22-42/h32-39,43-44,46,52-59H,2-25,42H2,1H3,(H2,45,47)(H,48,60)(H,49,61)/p+1/t32-,33-,34+,35+,36+,37+,38-,39-/m0/s1. The second-order valence-electron chi connectivity index (χ2n) is 15.6. The summed E-state index contributed by atoms with van der Waals surface area (Å²) in [6.07, 6.45) is -5.61. The number of unbranched alkanes of at least 4 members (excludes halogenated alkanes) is 6. The average molecular weight is 890 g/mol. The molecule has 0 bridgehead atoms. The summed E-state index contributed by atoms with van der Waals surface area (Å²) < 4.78 is 4.82. The number of amidine groups is 1. The highest BCUT2D eigenvalue weighted by molar-refractivity contribution is 5.86. The van der Waals surface area contributed by atoms with Gasteiger partial charge < -0.3 is 78.5 Å². The second-order valence-corrected chi connectivity index (χ2v) is 15.6. The summed E-state index contributed by atoms with van der Waals surface area (Å²) in [5.74, 6) is -2.88. The first-order chi connectivity index (χ1) is 29.4. The zero-order valence-corrected chi connectivity index (χ0v) is 36.4. The van der Waals surface area contributed by atoms with Crippen LogP contribution < -0.4 is 22.1 Å². The van der Waals surface area contributed by atoms with Gasteiger partial charge in [-0.25, -0.2) is 0 Å². The Morgan fingerprint density at radius 2 is 0.903 bits per heavy atom. The van der Waals surface area contributed by atoms with Crippen LogP contribution in [0, 0.1) is 16.2 Å².